The van der Waals surface area contributed by atoms with Gasteiger partial charge in [0.2, 0.25) is 0 Å². The van der Waals surface area contributed by atoms with Crippen LogP contribution >= 0.6 is 22.6 Å². The summed E-state index contributed by atoms with van der Waals surface area (Å²) < 4.78 is 1.26. The Kier molecular flexibility index (Phi) is 2.70. The molecule has 3 aliphatic rings. The lowest BCUT2D eigenvalue weighted by Crippen LogP contribution is -2.53. The minimum Gasteiger partial charge on any atom is -0.313 e. The maximum atomic E-state index is 3.83. The Morgan fingerprint density at radius 3 is 3.25 bits per heavy atom. The monoisotopic (exact) mass is 329 g/mol. The highest BCUT2D eigenvalue weighted by Gasteiger charge is 2.57. The third kappa shape index (κ3) is 1.38. The summed E-state index contributed by atoms with van der Waals surface area (Å²) >= 11 is 2.60. The van der Waals surface area contributed by atoms with E-state index in [1.807, 2.05) is 0 Å². The van der Waals surface area contributed by atoms with Crippen molar-refractivity contribution in [3.8, 4) is 0 Å². The van der Waals surface area contributed by atoms with E-state index < -0.39 is 0 Å². The van der Waals surface area contributed by atoms with Crippen LogP contribution in [0, 0.1) is 10.8 Å². The van der Waals surface area contributed by atoms with E-state index in [1.54, 1.807) is 5.57 Å². The van der Waals surface area contributed by atoms with Gasteiger partial charge in [-0.25, -0.2) is 0 Å². The molecule has 2 unspecified atom stereocenters. The van der Waals surface area contributed by atoms with Crippen LogP contribution in [0.3, 0.4) is 0 Å². The Balaban J connectivity index is 2.04. The molecule has 0 spiro atoms. The largest absolute Gasteiger partial charge is 0.313 e. The van der Waals surface area contributed by atoms with Crippen LogP contribution in [0.1, 0.15) is 32.6 Å². The van der Waals surface area contributed by atoms with Gasteiger partial charge < -0.3 is 5.32 Å². The number of hydrogen-bond donors (Lipinski definition) is 1. The zero-order valence-electron chi connectivity index (χ0n) is 9.93. The summed E-state index contributed by atoms with van der Waals surface area (Å²) in [6, 6.07) is 0.710. The van der Waals surface area contributed by atoms with Gasteiger partial charge in [0.05, 0.1) is 0 Å². The van der Waals surface area contributed by atoms with Gasteiger partial charge in [0.25, 0.3) is 0 Å². The summed E-state index contributed by atoms with van der Waals surface area (Å²) in [5.74, 6) is 0. The minimum absolute atomic E-state index is 0.435. The number of fused-ring (bicyclic) bond motifs is 3. The molecule has 16 heavy (non-hydrogen) atoms. The predicted molar refractivity (Wildman–Crippen MR) is 76.9 cm³/mol. The van der Waals surface area contributed by atoms with Crippen LogP contribution in [0.4, 0.5) is 0 Å². The molecule has 1 heterocycles. The number of rotatable bonds is 1. The second-order valence-corrected chi connectivity index (χ2v) is 6.70. The highest BCUT2D eigenvalue weighted by molar-refractivity contribution is 14.1. The van der Waals surface area contributed by atoms with Crippen LogP contribution in [0.15, 0.2) is 23.8 Å². The molecule has 2 fully saturated rings. The number of piperidine rings is 1. The van der Waals surface area contributed by atoms with E-state index in [9.17, 15) is 0 Å². The first-order valence-corrected chi connectivity index (χ1v) is 7.89. The Labute approximate surface area is 112 Å². The van der Waals surface area contributed by atoms with Gasteiger partial charge in [-0.3, -0.25) is 0 Å². The van der Waals surface area contributed by atoms with Gasteiger partial charge >= 0.3 is 0 Å². The fraction of sp³-hybridized carbons (Fsp3) is 0.714. The molecule has 3 rings (SSSR count). The van der Waals surface area contributed by atoms with Crippen molar-refractivity contribution in [1.29, 1.82) is 0 Å². The van der Waals surface area contributed by atoms with Gasteiger partial charge in [0.1, 0.15) is 0 Å². The van der Waals surface area contributed by atoms with E-state index in [0.29, 0.717) is 16.9 Å². The molecule has 2 heteroatoms. The van der Waals surface area contributed by atoms with Crippen molar-refractivity contribution in [3.05, 3.63) is 23.8 Å². The first-order valence-electron chi connectivity index (χ1n) is 6.37. The van der Waals surface area contributed by atoms with E-state index in [0.717, 1.165) is 0 Å². The van der Waals surface area contributed by atoms with Crippen molar-refractivity contribution < 1.29 is 0 Å². The molecular weight excluding hydrogens is 309 g/mol. The van der Waals surface area contributed by atoms with Gasteiger partial charge in [-0.1, -0.05) is 53.3 Å². The smallest absolute Gasteiger partial charge is 0.0228 e. The zero-order chi connectivity index (χ0) is 11.2. The van der Waals surface area contributed by atoms with E-state index in [4.69, 9.17) is 0 Å². The van der Waals surface area contributed by atoms with Crippen LogP contribution in [-0.2, 0) is 0 Å². The highest BCUT2D eigenvalue weighted by Crippen LogP contribution is 2.59. The van der Waals surface area contributed by atoms with Crippen molar-refractivity contribution in [2.75, 3.05) is 11.0 Å². The lowest BCUT2D eigenvalue weighted by Gasteiger charge is -2.44. The summed E-state index contributed by atoms with van der Waals surface area (Å²) in [5, 5.41) is 3.83. The van der Waals surface area contributed by atoms with Gasteiger partial charge in [0, 0.05) is 15.9 Å². The molecule has 3 atom stereocenters. The Hall–Kier alpha value is 0.170. The van der Waals surface area contributed by atoms with Gasteiger partial charge in [-0.2, -0.15) is 0 Å². The molecule has 0 amide bonds. The van der Waals surface area contributed by atoms with Crippen molar-refractivity contribution in [1.82, 2.24) is 5.32 Å². The molecule has 0 bridgehead atoms. The molecule has 1 saturated carbocycles. The Morgan fingerprint density at radius 2 is 2.44 bits per heavy atom. The zero-order valence-corrected chi connectivity index (χ0v) is 12.1. The maximum Gasteiger partial charge on any atom is 0.0228 e. The highest BCUT2D eigenvalue weighted by atomic mass is 127. The lowest BCUT2D eigenvalue weighted by molar-refractivity contribution is 0.132. The molecule has 1 saturated heterocycles. The molecule has 1 nitrogen and oxygen atoms in total. The van der Waals surface area contributed by atoms with Gasteiger partial charge in [0.15, 0.2) is 0 Å². The van der Waals surface area contributed by atoms with E-state index in [2.05, 4.69) is 53.1 Å². The third-order valence-electron chi connectivity index (χ3n) is 4.91. The Bertz CT molecular complexity index is 360. The molecule has 88 valence electrons. The number of halogens is 1. The predicted octanol–water partition coefficient (Wildman–Crippen LogP) is 3.46. The summed E-state index contributed by atoms with van der Waals surface area (Å²) in [7, 11) is 0. The van der Waals surface area contributed by atoms with E-state index in [-0.39, 0.29) is 0 Å². The average molecular weight is 329 g/mol. The summed E-state index contributed by atoms with van der Waals surface area (Å²) in [6.45, 7) is 3.71. The van der Waals surface area contributed by atoms with Crippen LogP contribution in [0.2, 0.25) is 0 Å². The fourth-order valence-electron chi connectivity index (χ4n) is 4.13. The third-order valence-corrected chi connectivity index (χ3v) is 6.27. The SMILES string of the molecule is C[C@@]12CCCNC1C1(CI)CC=CC=C1C2. The average Bonchev–Trinajstić information content (AvgIpc) is 2.58. The molecule has 0 radical (unpaired) electrons. The van der Waals surface area contributed by atoms with Crippen molar-refractivity contribution in [3.63, 3.8) is 0 Å². The molecular formula is C14H20IN. The number of allylic oxidation sites excluding steroid dienone is 3. The quantitative estimate of drug-likeness (QED) is 0.574. The second-order valence-electron chi connectivity index (χ2n) is 5.94. The topological polar surface area (TPSA) is 12.0 Å². The summed E-state index contributed by atoms with van der Waals surface area (Å²) in [6.07, 6.45) is 12.3. The number of nitrogens with one attached hydrogen (secondary N) is 1. The molecule has 2 aliphatic carbocycles. The minimum atomic E-state index is 0.435. The van der Waals surface area contributed by atoms with Crippen LogP contribution < -0.4 is 5.32 Å². The summed E-state index contributed by atoms with van der Waals surface area (Å²) in [4.78, 5) is 0. The Morgan fingerprint density at radius 1 is 1.56 bits per heavy atom. The number of hydrogen-bond acceptors (Lipinski definition) is 1. The van der Waals surface area contributed by atoms with Gasteiger partial charge in [-0.05, 0) is 37.6 Å². The molecule has 0 aromatic rings. The molecule has 1 aliphatic heterocycles. The lowest BCUT2D eigenvalue weighted by atomic mass is 9.69. The van der Waals surface area contributed by atoms with Crippen LogP contribution in [0.5, 0.6) is 0 Å². The van der Waals surface area contributed by atoms with Gasteiger partial charge in [-0.15, -0.1) is 0 Å². The van der Waals surface area contributed by atoms with E-state index in [1.165, 1.54) is 36.7 Å². The summed E-state index contributed by atoms with van der Waals surface area (Å²) in [5.41, 5.74) is 2.66. The van der Waals surface area contributed by atoms with Crippen molar-refractivity contribution in [2.45, 2.75) is 38.6 Å². The van der Waals surface area contributed by atoms with Crippen LogP contribution in [0.25, 0.3) is 0 Å². The first-order chi connectivity index (χ1) is 7.71. The number of alkyl halides is 1. The standard InChI is InChI=1S/C14H20IN/c1-13-6-4-8-16-12(13)14(10-15)7-3-2-5-11(14)9-13/h2-3,5,12,16H,4,6-10H2,1H3/t12?,13-,14?/m0/s1. The van der Waals surface area contributed by atoms with Crippen molar-refractivity contribution in [2.24, 2.45) is 10.8 Å². The van der Waals surface area contributed by atoms with Crippen molar-refractivity contribution >= 4 is 22.6 Å². The van der Waals surface area contributed by atoms with Crippen LogP contribution in [-0.4, -0.2) is 17.0 Å². The molecule has 1 N–H and O–H groups in total. The normalized spacial score (nSPS) is 46.1. The fourth-order valence-corrected chi connectivity index (χ4v) is 5.37. The molecule has 0 aromatic heterocycles. The maximum absolute atomic E-state index is 3.83. The first kappa shape index (κ1) is 11.3. The molecule has 0 aromatic carbocycles. The van der Waals surface area contributed by atoms with E-state index >= 15 is 0 Å². The second kappa shape index (κ2) is 3.84.